The van der Waals surface area contributed by atoms with E-state index < -0.39 is 0 Å². The van der Waals surface area contributed by atoms with Crippen LogP contribution >= 0.6 is 11.3 Å². The molecule has 0 saturated heterocycles. The van der Waals surface area contributed by atoms with Crippen LogP contribution in [0.2, 0.25) is 0 Å². The van der Waals surface area contributed by atoms with E-state index in [-0.39, 0.29) is 17.7 Å². The number of nitrogens with one attached hydrogen (secondary N) is 1. The molecule has 2 amide bonds. The fourth-order valence-corrected chi connectivity index (χ4v) is 3.47. The number of nitrogens with zero attached hydrogens (tertiary/aromatic N) is 2. The van der Waals surface area contributed by atoms with Gasteiger partial charge in [-0.15, -0.1) is 11.3 Å². The lowest BCUT2D eigenvalue weighted by Crippen LogP contribution is -2.26. The zero-order chi connectivity index (χ0) is 18.0. The molecule has 2 unspecified atom stereocenters. The first kappa shape index (κ1) is 17.6. The van der Waals surface area contributed by atoms with E-state index in [0.29, 0.717) is 18.0 Å². The molecule has 1 fully saturated rings. The van der Waals surface area contributed by atoms with Crippen molar-refractivity contribution in [2.24, 2.45) is 11.8 Å². The van der Waals surface area contributed by atoms with Crippen molar-refractivity contribution in [3.63, 3.8) is 0 Å². The molecule has 0 aliphatic heterocycles. The van der Waals surface area contributed by atoms with E-state index in [2.05, 4.69) is 24.1 Å². The summed E-state index contributed by atoms with van der Waals surface area (Å²) in [6, 6.07) is 7.07. The van der Waals surface area contributed by atoms with Crippen LogP contribution in [0.25, 0.3) is 0 Å². The van der Waals surface area contributed by atoms with Crippen molar-refractivity contribution >= 4 is 28.8 Å². The molecule has 1 saturated carbocycles. The third-order valence-electron chi connectivity index (χ3n) is 4.49. The lowest BCUT2D eigenvalue weighted by atomic mass is 10.1. The number of rotatable bonds is 6. The highest BCUT2D eigenvalue weighted by atomic mass is 32.1. The van der Waals surface area contributed by atoms with Crippen LogP contribution in [0.3, 0.4) is 0 Å². The van der Waals surface area contributed by atoms with Crippen molar-refractivity contribution in [1.82, 2.24) is 9.88 Å². The SMILES string of the molecule is CCc1nc(CN(C)C(=O)c2ccc(NC(=O)C3CC3C)cc2)cs1. The molecule has 6 heteroatoms. The van der Waals surface area contributed by atoms with Gasteiger partial charge in [0.25, 0.3) is 5.91 Å². The summed E-state index contributed by atoms with van der Waals surface area (Å²) in [6.45, 7) is 4.64. The maximum absolute atomic E-state index is 12.5. The number of carbonyl (C=O) groups excluding carboxylic acids is 2. The Bertz CT molecular complexity index is 769. The second-order valence-corrected chi connectivity index (χ2v) is 7.58. The zero-order valence-corrected chi connectivity index (χ0v) is 15.6. The average molecular weight is 357 g/mol. The van der Waals surface area contributed by atoms with E-state index in [4.69, 9.17) is 0 Å². The maximum atomic E-state index is 12.5. The molecular weight excluding hydrogens is 334 g/mol. The third-order valence-corrected chi connectivity index (χ3v) is 5.54. The molecule has 1 aromatic heterocycles. The second kappa shape index (κ2) is 7.35. The minimum absolute atomic E-state index is 0.0558. The molecule has 132 valence electrons. The monoisotopic (exact) mass is 357 g/mol. The molecule has 0 radical (unpaired) electrons. The van der Waals surface area contributed by atoms with Crippen molar-refractivity contribution in [2.75, 3.05) is 12.4 Å². The summed E-state index contributed by atoms with van der Waals surface area (Å²) in [7, 11) is 1.78. The van der Waals surface area contributed by atoms with Gasteiger partial charge in [-0.25, -0.2) is 4.98 Å². The third kappa shape index (κ3) is 4.25. The smallest absolute Gasteiger partial charge is 0.253 e. The molecule has 3 rings (SSSR count). The summed E-state index contributed by atoms with van der Waals surface area (Å²) in [5.41, 5.74) is 2.25. The Hall–Kier alpha value is -2.21. The molecule has 1 aromatic carbocycles. The Morgan fingerprint density at radius 1 is 1.32 bits per heavy atom. The number of benzene rings is 1. The largest absolute Gasteiger partial charge is 0.336 e. The molecule has 1 N–H and O–H groups in total. The predicted octanol–water partition coefficient (Wildman–Crippen LogP) is 3.57. The van der Waals surface area contributed by atoms with Crippen LogP contribution in [0.4, 0.5) is 5.69 Å². The molecular formula is C19H23N3O2S. The van der Waals surface area contributed by atoms with Crippen molar-refractivity contribution in [1.29, 1.82) is 0 Å². The molecule has 1 aliphatic rings. The van der Waals surface area contributed by atoms with E-state index in [1.807, 2.05) is 5.38 Å². The lowest BCUT2D eigenvalue weighted by Gasteiger charge is -2.16. The van der Waals surface area contributed by atoms with Crippen molar-refractivity contribution in [3.8, 4) is 0 Å². The van der Waals surface area contributed by atoms with E-state index in [1.165, 1.54) is 0 Å². The van der Waals surface area contributed by atoms with Gasteiger partial charge < -0.3 is 10.2 Å². The minimum Gasteiger partial charge on any atom is -0.336 e. The van der Waals surface area contributed by atoms with E-state index in [1.54, 1.807) is 47.5 Å². The Kier molecular flexibility index (Phi) is 5.18. The Morgan fingerprint density at radius 2 is 2.00 bits per heavy atom. The van der Waals surface area contributed by atoms with Crippen LogP contribution in [0.1, 0.15) is 41.3 Å². The van der Waals surface area contributed by atoms with Gasteiger partial charge in [-0.2, -0.15) is 0 Å². The molecule has 1 aliphatic carbocycles. The van der Waals surface area contributed by atoms with Crippen LogP contribution in [0, 0.1) is 11.8 Å². The molecule has 1 heterocycles. The number of anilines is 1. The van der Waals surface area contributed by atoms with Crippen LogP contribution in [0.5, 0.6) is 0 Å². The Labute approximate surface area is 152 Å². The number of hydrogen-bond acceptors (Lipinski definition) is 4. The van der Waals surface area contributed by atoms with Gasteiger partial charge in [0.1, 0.15) is 0 Å². The van der Waals surface area contributed by atoms with Crippen molar-refractivity contribution < 1.29 is 9.59 Å². The zero-order valence-electron chi connectivity index (χ0n) is 14.8. The molecule has 2 aromatic rings. The summed E-state index contributed by atoms with van der Waals surface area (Å²) >= 11 is 1.62. The number of hydrogen-bond donors (Lipinski definition) is 1. The molecule has 0 bridgehead atoms. The first-order valence-electron chi connectivity index (χ1n) is 8.57. The number of thiazole rings is 1. The quantitative estimate of drug-likeness (QED) is 0.860. The number of aromatic nitrogens is 1. The molecule has 25 heavy (non-hydrogen) atoms. The van der Waals surface area contributed by atoms with Gasteiger partial charge in [0, 0.05) is 29.6 Å². The maximum Gasteiger partial charge on any atom is 0.253 e. The summed E-state index contributed by atoms with van der Waals surface area (Å²) in [6.07, 6.45) is 1.87. The summed E-state index contributed by atoms with van der Waals surface area (Å²) in [4.78, 5) is 30.6. The Balaban J connectivity index is 1.58. The lowest BCUT2D eigenvalue weighted by molar-refractivity contribution is -0.117. The molecule has 0 spiro atoms. The Morgan fingerprint density at radius 3 is 2.56 bits per heavy atom. The van der Waals surface area contributed by atoms with Gasteiger partial charge in [-0.3, -0.25) is 9.59 Å². The highest BCUT2D eigenvalue weighted by Gasteiger charge is 2.39. The van der Waals surface area contributed by atoms with Gasteiger partial charge in [-0.05, 0) is 43.0 Å². The average Bonchev–Trinajstić information content (AvgIpc) is 3.17. The normalized spacial score (nSPS) is 18.7. The predicted molar refractivity (Wildman–Crippen MR) is 99.6 cm³/mol. The number of amides is 2. The van der Waals surface area contributed by atoms with Crippen molar-refractivity contribution in [2.45, 2.75) is 33.2 Å². The van der Waals surface area contributed by atoms with E-state index in [9.17, 15) is 9.59 Å². The van der Waals surface area contributed by atoms with Crippen molar-refractivity contribution in [3.05, 3.63) is 45.9 Å². The van der Waals surface area contributed by atoms with E-state index in [0.717, 1.165) is 29.2 Å². The second-order valence-electron chi connectivity index (χ2n) is 6.63. The van der Waals surface area contributed by atoms with Gasteiger partial charge in [0.05, 0.1) is 17.2 Å². The van der Waals surface area contributed by atoms with Crippen LogP contribution < -0.4 is 5.32 Å². The molecule has 5 nitrogen and oxygen atoms in total. The van der Waals surface area contributed by atoms with Gasteiger partial charge in [0.2, 0.25) is 5.91 Å². The van der Waals surface area contributed by atoms with Gasteiger partial charge in [-0.1, -0.05) is 13.8 Å². The fraction of sp³-hybridized carbons (Fsp3) is 0.421. The first-order valence-corrected chi connectivity index (χ1v) is 9.45. The summed E-state index contributed by atoms with van der Waals surface area (Å²) < 4.78 is 0. The van der Waals surface area contributed by atoms with Crippen LogP contribution in [0.15, 0.2) is 29.6 Å². The van der Waals surface area contributed by atoms with Crippen LogP contribution in [-0.2, 0) is 17.8 Å². The highest BCUT2D eigenvalue weighted by Crippen LogP contribution is 2.38. The highest BCUT2D eigenvalue weighted by molar-refractivity contribution is 7.09. The van der Waals surface area contributed by atoms with Crippen LogP contribution in [-0.4, -0.2) is 28.7 Å². The molecule has 2 atom stereocenters. The fourth-order valence-electron chi connectivity index (χ4n) is 2.74. The van der Waals surface area contributed by atoms with Gasteiger partial charge in [0.15, 0.2) is 0 Å². The standard InChI is InChI=1S/C19H23N3O2S/c1-4-17-20-15(11-25-17)10-22(3)19(24)13-5-7-14(8-6-13)21-18(23)16-9-12(16)2/h5-8,11-12,16H,4,9-10H2,1-3H3,(H,21,23). The number of aryl methyl sites for hydroxylation is 1. The summed E-state index contributed by atoms with van der Waals surface area (Å²) in [5, 5.41) is 5.99. The minimum atomic E-state index is -0.0558. The summed E-state index contributed by atoms with van der Waals surface area (Å²) in [5.74, 6) is 0.630. The van der Waals surface area contributed by atoms with E-state index >= 15 is 0 Å². The first-order chi connectivity index (χ1) is 12.0. The van der Waals surface area contributed by atoms with Gasteiger partial charge >= 0.3 is 0 Å². The number of carbonyl (C=O) groups is 2. The topological polar surface area (TPSA) is 62.3 Å².